The molecule has 0 saturated carbocycles. The summed E-state index contributed by atoms with van der Waals surface area (Å²) in [6.45, 7) is 12.6. The van der Waals surface area contributed by atoms with Gasteiger partial charge in [-0.2, -0.15) is 0 Å². The van der Waals surface area contributed by atoms with Crippen LogP contribution in [0.1, 0.15) is 39.7 Å². The summed E-state index contributed by atoms with van der Waals surface area (Å²) in [5.74, 6) is -1.69. The quantitative estimate of drug-likeness (QED) is 0.605. The summed E-state index contributed by atoms with van der Waals surface area (Å²) in [6.07, 6.45) is -0.248. The zero-order valence-electron chi connectivity index (χ0n) is 17.2. The fourth-order valence-electron chi connectivity index (χ4n) is 2.32. The Morgan fingerprint density at radius 1 is 1.19 bits per heavy atom. The number of carbonyl (C=O) groups excluding carboxylic acids is 1. The summed E-state index contributed by atoms with van der Waals surface area (Å²) < 4.78 is 11.4. The first-order valence-electron chi connectivity index (χ1n) is 9.32. The van der Waals surface area contributed by atoms with Crippen LogP contribution in [0.2, 0.25) is 18.1 Å². The second kappa shape index (κ2) is 9.89. The molecule has 152 valence electrons. The van der Waals surface area contributed by atoms with E-state index in [0.717, 1.165) is 5.56 Å². The number of carbonyl (C=O) groups is 2. The molecular formula is C20H33NO5Si. The second-order valence-electron chi connectivity index (χ2n) is 8.24. The lowest BCUT2D eigenvalue weighted by molar-refractivity contribution is -0.143. The van der Waals surface area contributed by atoms with Crippen molar-refractivity contribution in [3.8, 4) is 0 Å². The Balaban J connectivity index is 2.76. The van der Waals surface area contributed by atoms with Crippen LogP contribution >= 0.6 is 0 Å². The fourth-order valence-corrected chi connectivity index (χ4v) is 3.35. The minimum absolute atomic E-state index is 0.00367. The summed E-state index contributed by atoms with van der Waals surface area (Å²) in [5, 5.41) is 12.2. The van der Waals surface area contributed by atoms with E-state index in [-0.39, 0.29) is 18.3 Å². The van der Waals surface area contributed by atoms with E-state index in [9.17, 15) is 14.7 Å². The lowest BCUT2D eigenvalue weighted by Gasteiger charge is -2.38. The number of ether oxygens (including phenoxy) is 1. The molecule has 0 aliphatic heterocycles. The molecule has 2 atom stereocenters. The van der Waals surface area contributed by atoms with Crippen LogP contribution in [0.3, 0.4) is 0 Å². The van der Waals surface area contributed by atoms with Gasteiger partial charge < -0.3 is 19.6 Å². The molecule has 0 spiro atoms. The smallest absolute Gasteiger partial charge is 0.407 e. The third kappa shape index (κ3) is 7.34. The minimum atomic E-state index is -2.07. The van der Waals surface area contributed by atoms with Gasteiger partial charge in [0.05, 0.1) is 18.6 Å². The van der Waals surface area contributed by atoms with Crippen molar-refractivity contribution < 1.29 is 23.9 Å². The first kappa shape index (κ1) is 23.2. The predicted octanol–water partition coefficient (Wildman–Crippen LogP) is 4.41. The molecule has 0 aromatic heterocycles. The lowest BCUT2D eigenvalue weighted by Crippen LogP contribution is -2.50. The number of hydrogen-bond acceptors (Lipinski definition) is 4. The standard InChI is InChI=1S/C20H33NO5Si/c1-7-16(18(22)23)17(14-26-27(5,6)20(2,3)4)21-19(24)25-13-15-11-9-8-10-12-15/h8-12,16-17H,7,13-14H2,1-6H3,(H,21,24)(H,22,23)/t16?,17-/m1/s1. The van der Waals surface area contributed by atoms with Gasteiger partial charge in [0.2, 0.25) is 0 Å². The van der Waals surface area contributed by atoms with Gasteiger partial charge in [0.25, 0.3) is 0 Å². The SMILES string of the molecule is CCC(C(=O)O)[C@@H](CO[Si](C)(C)C(C)(C)C)NC(=O)OCc1ccccc1. The van der Waals surface area contributed by atoms with E-state index in [4.69, 9.17) is 9.16 Å². The molecule has 0 aliphatic carbocycles. The molecule has 0 bridgehead atoms. The van der Waals surface area contributed by atoms with E-state index in [2.05, 4.69) is 39.2 Å². The first-order valence-corrected chi connectivity index (χ1v) is 12.2. The zero-order chi connectivity index (χ0) is 20.7. The number of alkyl carbamates (subject to hydrolysis) is 1. The van der Waals surface area contributed by atoms with Gasteiger partial charge in [0, 0.05) is 0 Å². The monoisotopic (exact) mass is 395 g/mol. The minimum Gasteiger partial charge on any atom is -0.481 e. The molecule has 0 fully saturated rings. The number of aliphatic carboxylic acids is 1. The fraction of sp³-hybridized carbons (Fsp3) is 0.600. The van der Waals surface area contributed by atoms with Crippen molar-refractivity contribution in [2.75, 3.05) is 6.61 Å². The van der Waals surface area contributed by atoms with Gasteiger partial charge in [-0.15, -0.1) is 0 Å². The lowest BCUT2D eigenvalue weighted by atomic mass is 9.98. The molecule has 27 heavy (non-hydrogen) atoms. The van der Waals surface area contributed by atoms with Crippen molar-refractivity contribution in [1.82, 2.24) is 5.32 Å². The Labute approximate surface area is 163 Å². The summed E-state index contributed by atoms with van der Waals surface area (Å²) in [4.78, 5) is 23.8. The molecule has 0 heterocycles. The molecule has 0 aliphatic rings. The van der Waals surface area contributed by atoms with Crippen LogP contribution in [0, 0.1) is 5.92 Å². The average Bonchev–Trinajstić information content (AvgIpc) is 2.58. The third-order valence-electron chi connectivity index (χ3n) is 5.19. The van der Waals surface area contributed by atoms with E-state index < -0.39 is 32.3 Å². The third-order valence-corrected chi connectivity index (χ3v) is 9.69. The van der Waals surface area contributed by atoms with Gasteiger partial charge in [-0.05, 0) is 30.1 Å². The Morgan fingerprint density at radius 2 is 1.78 bits per heavy atom. The van der Waals surface area contributed by atoms with Crippen molar-refractivity contribution in [2.24, 2.45) is 5.92 Å². The highest BCUT2D eigenvalue weighted by molar-refractivity contribution is 6.74. The predicted molar refractivity (Wildman–Crippen MR) is 108 cm³/mol. The number of carboxylic acid groups (broad SMARTS) is 1. The van der Waals surface area contributed by atoms with Crippen molar-refractivity contribution >= 4 is 20.4 Å². The second-order valence-corrected chi connectivity index (χ2v) is 13.0. The summed E-state index contributed by atoms with van der Waals surface area (Å²) in [7, 11) is -2.07. The highest BCUT2D eigenvalue weighted by Crippen LogP contribution is 2.36. The highest BCUT2D eigenvalue weighted by Gasteiger charge is 2.39. The Bertz CT molecular complexity index is 613. The molecule has 1 unspecified atom stereocenters. The van der Waals surface area contributed by atoms with Gasteiger partial charge in [0.1, 0.15) is 6.61 Å². The summed E-state index contributed by atoms with van der Waals surface area (Å²) in [5.41, 5.74) is 0.868. The van der Waals surface area contributed by atoms with Gasteiger partial charge in [-0.3, -0.25) is 4.79 Å². The Kier molecular flexibility index (Phi) is 8.49. The topological polar surface area (TPSA) is 84.9 Å². The Hall–Kier alpha value is -1.86. The number of rotatable bonds is 9. The number of carboxylic acids is 1. The first-order chi connectivity index (χ1) is 12.5. The molecule has 2 N–H and O–H groups in total. The van der Waals surface area contributed by atoms with E-state index in [1.165, 1.54) is 0 Å². The van der Waals surface area contributed by atoms with Crippen LogP contribution in [0.4, 0.5) is 4.79 Å². The molecule has 1 rings (SSSR count). The average molecular weight is 396 g/mol. The molecule has 0 saturated heterocycles. The maximum Gasteiger partial charge on any atom is 0.407 e. The largest absolute Gasteiger partial charge is 0.481 e. The van der Waals surface area contributed by atoms with Crippen LogP contribution in [0.15, 0.2) is 30.3 Å². The normalized spacial score (nSPS) is 14.3. The van der Waals surface area contributed by atoms with Crippen molar-refractivity contribution in [1.29, 1.82) is 0 Å². The van der Waals surface area contributed by atoms with Gasteiger partial charge in [-0.25, -0.2) is 4.79 Å². The maximum absolute atomic E-state index is 12.2. The number of nitrogens with one attached hydrogen (secondary N) is 1. The van der Waals surface area contributed by atoms with Crippen molar-refractivity contribution in [3.05, 3.63) is 35.9 Å². The molecule has 1 aromatic carbocycles. The number of amides is 1. The van der Waals surface area contributed by atoms with E-state index in [1.54, 1.807) is 6.92 Å². The maximum atomic E-state index is 12.2. The molecule has 1 aromatic rings. The Morgan fingerprint density at radius 3 is 2.26 bits per heavy atom. The van der Waals surface area contributed by atoms with Crippen LogP contribution < -0.4 is 5.32 Å². The molecule has 6 nitrogen and oxygen atoms in total. The number of hydrogen-bond donors (Lipinski definition) is 2. The molecule has 0 radical (unpaired) electrons. The van der Waals surface area contributed by atoms with Crippen LogP contribution in [0.25, 0.3) is 0 Å². The van der Waals surface area contributed by atoms with Crippen LogP contribution in [0.5, 0.6) is 0 Å². The van der Waals surface area contributed by atoms with Gasteiger partial charge >= 0.3 is 12.1 Å². The molecular weight excluding hydrogens is 362 g/mol. The number of benzene rings is 1. The highest BCUT2D eigenvalue weighted by atomic mass is 28.4. The summed E-state index contributed by atoms with van der Waals surface area (Å²) in [6, 6.07) is 8.68. The van der Waals surface area contributed by atoms with Crippen molar-refractivity contribution in [2.45, 2.75) is 64.9 Å². The molecule has 1 amide bonds. The zero-order valence-corrected chi connectivity index (χ0v) is 18.2. The van der Waals surface area contributed by atoms with Gasteiger partial charge in [0.15, 0.2) is 8.32 Å². The van der Waals surface area contributed by atoms with Crippen LogP contribution in [-0.2, 0) is 20.6 Å². The summed E-state index contributed by atoms with van der Waals surface area (Å²) >= 11 is 0. The van der Waals surface area contributed by atoms with Gasteiger partial charge in [-0.1, -0.05) is 58.0 Å². The van der Waals surface area contributed by atoms with Crippen LogP contribution in [-0.4, -0.2) is 38.1 Å². The van der Waals surface area contributed by atoms with E-state index in [0.29, 0.717) is 6.42 Å². The molecule has 7 heteroatoms. The van der Waals surface area contributed by atoms with E-state index in [1.807, 2.05) is 30.3 Å². The van der Waals surface area contributed by atoms with E-state index >= 15 is 0 Å². The van der Waals surface area contributed by atoms with Crippen molar-refractivity contribution in [3.63, 3.8) is 0 Å².